The number of hydrogen-bond donors (Lipinski definition) is 2. The van der Waals surface area contributed by atoms with Crippen LogP contribution in [0.1, 0.15) is 93.9 Å². The minimum atomic E-state index is -1.15. The predicted octanol–water partition coefficient (Wildman–Crippen LogP) is 4.54. The quantitative estimate of drug-likeness (QED) is 0.397. The minimum absolute atomic E-state index is 0.166. The Morgan fingerprint density at radius 3 is 2.29 bits per heavy atom. The lowest BCUT2D eigenvalue weighted by Crippen LogP contribution is -2.61. The predicted molar refractivity (Wildman–Crippen MR) is 148 cm³/mol. The van der Waals surface area contributed by atoms with Crippen molar-refractivity contribution in [3.05, 3.63) is 41.2 Å². The Morgan fingerprint density at radius 1 is 1.05 bits per heavy atom. The summed E-state index contributed by atoms with van der Waals surface area (Å²) in [4.78, 5) is 46.7. The molecule has 2 aromatic rings. The monoisotopic (exact) mass is 543 g/mol. The first kappa shape index (κ1) is 29.8. The van der Waals surface area contributed by atoms with Crippen molar-refractivity contribution in [1.29, 1.82) is 0 Å². The number of hydrogen-bond acceptors (Lipinski definition) is 8. The Labute approximate surface area is 229 Å². The molecule has 9 nitrogen and oxygen atoms in total. The van der Waals surface area contributed by atoms with Gasteiger partial charge >= 0.3 is 0 Å². The third kappa shape index (κ3) is 8.14. The van der Waals surface area contributed by atoms with E-state index in [0.29, 0.717) is 30.0 Å². The van der Waals surface area contributed by atoms with E-state index >= 15 is 0 Å². The SMILES string of the molecule is CC(C)CC(C(=O)NC(=O)C1(NC(=O)c2ccc(CN(C)C)cc2)CCCCC1)c1noc(SC(C)C)n1. The van der Waals surface area contributed by atoms with Crippen LogP contribution in [0.25, 0.3) is 0 Å². The molecule has 0 aliphatic heterocycles. The number of nitrogens with zero attached hydrogens (tertiary/aromatic N) is 3. The average molecular weight is 544 g/mol. The molecule has 0 spiro atoms. The van der Waals surface area contributed by atoms with Gasteiger partial charge in [-0.3, -0.25) is 19.7 Å². The van der Waals surface area contributed by atoms with E-state index in [0.717, 1.165) is 31.4 Å². The first-order chi connectivity index (χ1) is 18.0. The summed E-state index contributed by atoms with van der Waals surface area (Å²) in [7, 11) is 3.97. The molecule has 0 radical (unpaired) electrons. The summed E-state index contributed by atoms with van der Waals surface area (Å²) in [5, 5.41) is 10.3. The molecule has 1 aliphatic rings. The fraction of sp³-hybridized carbons (Fsp3) is 0.607. The highest BCUT2D eigenvalue weighted by molar-refractivity contribution is 7.99. The van der Waals surface area contributed by atoms with Crippen LogP contribution < -0.4 is 10.6 Å². The number of benzene rings is 1. The van der Waals surface area contributed by atoms with Crippen LogP contribution in [0.15, 0.2) is 34.0 Å². The highest BCUT2D eigenvalue weighted by Crippen LogP contribution is 2.31. The molecule has 3 amide bonds. The smallest absolute Gasteiger partial charge is 0.285 e. The Bertz CT molecular complexity index is 1090. The summed E-state index contributed by atoms with van der Waals surface area (Å²) in [5.74, 6) is -1.57. The maximum atomic E-state index is 13.6. The van der Waals surface area contributed by atoms with Gasteiger partial charge in [0, 0.05) is 17.4 Å². The lowest BCUT2D eigenvalue weighted by Gasteiger charge is -2.36. The van der Waals surface area contributed by atoms with Crippen LogP contribution in [-0.2, 0) is 16.1 Å². The van der Waals surface area contributed by atoms with Gasteiger partial charge in [0.15, 0.2) is 5.82 Å². The summed E-state index contributed by atoms with van der Waals surface area (Å²) in [6.45, 7) is 8.80. The van der Waals surface area contributed by atoms with Crippen molar-refractivity contribution in [2.75, 3.05) is 14.1 Å². The standard InChI is InChI=1S/C28H41N5O4S/c1-18(2)16-22(23-29-27(37-32-23)38-19(3)4)25(35)30-26(36)28(14-8-7-9-15-28)31-24(34)21-12-10-20(11-13-21)17-33(5)6/h10-13,18-19,22H,7-9,14-17H2,1-6H3,(H,31,34)(H,30,35,36). The van der Waals surface area contributed by atoms with Crippen LogP contribution in [0.3, 0.4) is 0 Å². The third-order valence-electron chi connectivity index (χ3n) is 6.54. The van der Waals surface area contributed by atoms with E-state index in [1.54, 1.807) is 12.1 Å². The van der Waals surface area contributed by atoms with Crippen molar-refractivity contribution >= 4 is 29.5 Å². The van der Waals surface area contributed by atoms with Gasteiger partial charge in [0.25, 0.3) is 17.0 Å². The van der Waals surface area contributed by atoms with Crippen molar-refractivity contribution in [2.45, 2.75) is 94.7 Å². The van der Waals surface area contributed by atoms with Gasteiger partial charge in [-0.25, -0.2) is 0 Å². The Balaban J connectivity index is 1.77. The summed E-state index contributed by atoms with van der Waals surface area (Å²) in [6.07, 6.45) is 3.97. The van der Waals surface area contributed by atoms with E-state index in [2.05, 4.69) is 25.7 Å². The van der Waals surface area contributed by atoms with Crippen molar-refractivity contribution in [3.63, 3.8) is 0 Å². The van der Waals surface area contributed by atoms with E-state index in [9.17, 15) is 14.4 Å². The average Bonchev–Trinajstić information content (AvgIpc) is 3.30. The normalized spacial score (nSPS) is 16.0. The number of aromatic nitrogens is 2. The van der Waals surface area contributed by atoms with Crippen LogP contribution in [0.2, 0.25) is 0 Å². The molecule has 3 rings (SSSR count). The summed E-state index contributed by atoms with van der Waals surface area (Å²) < 4.78 is 5.34. The number of rotatable bonds is 11. The van der Waals surface area contributed by atoms with E-state index in [1.165, 1.54) is 11.8 Å². The van der Waals surface area contributed by atoms with E-state index < -0.39 is 23.3 Å². The molecule has 208 valence electrons. The summed E-state index contributed by atoms with van der Waals surface area (Å²) >= 11 is 1.42. The van der Waals surface area contributed by atoms with Crippen LogP contribution in [-0.4, -0.2) is 57.6 Å². The van der Waals surface area contributed by atoms with Crippen LogP contribution in [0.5, 0.6) is 0 Å². The Morgan fingerprint density at radius 2 is 1.71 bits per heavy atom. The zero-order chi connectivity index (χ0) is 27.9. The van der Waals surface area contributed by atoms with Crippen molar-refractivity contribution < 1.29 is 18.9 Å². The van der Waals surface area contributed by atoms with Gasteiger partial charge in [-0.05, 0) is 57.0 Å². The molecular formula is C28H41N5O4S. The number of carbonyl (C=O) groups excluding carboxylic acids is 3. The van der Waals surface area contributed by atoms with Gasteiger partial charge < -0.3 is 14.7 Å². The fourth-order valence-corrected chi connectivity index (χ4v) is 5.34. The Kier molecular flexibility index (Phi) is 10.5. The third-order valence-corrected chi connectivity index (χ3v) is 7.38. The highest BCUT2D eigenvalue weighted by Gasteiger charge is 2.43. The lowest BCUT2D eigenvalue weighted by atomic mass is 9.80. The van der Waals surface area contributed by atoms with Crippen molar-refractivity contribution in [3.8, 4) is 0 Å². The van der Waals surface area contributed by atoms with Crippen LogP contribution in [0, 0.1) is 5.92 Å². The van der Waals surface area contributed by atoms with Crippen LogP contribution >= 0.6 is 11.8 Å². The topological polar surface area (TPSA) is 117 Å². The molecule has 1 heterocycles. The summed E-state index contributed by atoms with van der Waals surface area (Å²) in [6, 6.07) is 7.38. The molecular weight excluding hydrogens is 502 g/mol. The number of carbonyl (C=O) groups is 3. The van der Waals surface area contributed by atoms with Crippen molar-refractivity contribution in [1.82, 2.24) is 25.7 Å². The number of thioether (sulfide) groups is 1. The molecule has 0 saturated heterocycles. The van der Waals surface area contributed by atoms with Gasteiger partial charge in [0.2, 0.25) is 5.91 Å². The molecule has 0 bridgehead atoms. The molecule has 2 N–H and O–H groups in total. The zero-order valence-corrected chi connectivity index (χ0v) is 24.2. The van der Waals surface area contributed by atoms with E-state index in [-0.39, 0.29) is 22.9 Å². The second kappa shape index (κ2) is 13.4. The molecule has 38 heavy (non-hydrogen) atoms. The maximum absolute atomic E-state index is 13.6. The Hall–Kier alpha value is -2.72. The number of imide groups is 1. The fourth-order valence-electron chi connectivity index (χ4n) is 4.71. The van der Waals surface area contributed by atoms with Gasteiger partial charge in [-0.15, -0.1) is 0 Å². The van der Waals surface area contributed by atoms with Gasteiger partial charge in [0.1, 0.15) is 11.5 Å². The second-order valence-corrected chi connectivity index (χ2v) is 12.6. The molecule has 10 heteroatoms. The van der Waals surface area contributed by atoms with Gasteiger partial charge in [-0.2, -0.15) is 4.98 Å². The molecule has 1 saturated carbocycles. The minimum Gasteiger partial charge on any atom is -0.338 e. The summed E-state index contributed by atoms with van der Waals surface area (Å²) in [5.41, 5.74) is 0.428. The molecule has 1 atom stereocenters. The molecule has 1 fully saturated rings. The van der Waals surface area contributed by atoms with Crippen LogP contribution in [0.4, 0.5) is 0 Å². The lowest BCUT2D eigenvalue weighted by molar-refractivity contribution is -0.136. The van der Waals surface area contributed by atoms with E-state index in [1.807, 2.05) is 53.9 Å². The molecule has 1 aromatic heterocycles. The first-order valence-electron chi connectivity index (χ1n) is 13.4. The van der Waals surface area contributed by atoms with Gasteiger partial charge in [0.05, 0.1) is 0 Å². The number of nitrogens with one attached hydrogen (secondary N) is 2. The zero-order valence-electron chi connectivity index (χ0n) is 23.4. The molecule has 1 aliphatic carbocycles. The molecule has 1 aromatic carbocycles. The molecule has 1 unspecified atom stereocenters. The first-order valence-corrected chi connectivity index (χ1v) is 14.3. The highest BCUT2D eigenvalue weighted by atomic mass is 32.2. The largest absolute Gasteiger partial charge is 0.338 e. The second-order valence-electron chi connectivity index (χ2n) is 11.1. The van der Waals surface area contributed by atoms with E-state index in [4.69, 9.17) is 4.52 Å². The number of amides is 3. The van der Waals surface area contributed by atoms with Gasteiger partial charge in [-0.1, -0.05) is 76.0 Å². The maximum Gasteiger partial charge on any atom is 0.285 e. The van der Waals surface area contributed by atoms with Crippen molar-refractivity contribution in [2.24, 2.45) is 5.92 Å².